The molecule has 2 rings (SSSR count). The molecule has 0 unspecified atom stereocenters. The summed E-state index contributed by atoms with van der Waals surface area (Å²) in [4.78, 5) is 11.9. The number of ether oxygens (including phenoxy) is 2. The molecule has 23 heavy (non-hydrogen) atoms. The first-order valence-electron chi connectivity index (χ1n) is 6.88. The Morgan fingerprint density at radius 1 is 1.09 bits per heavy atom. The van der Waals surface area contributed by atoms with Crippen LogP contribution in [0.4, 0.5) is 4.39 Å². The Kier molecular flexibility index (Phi) is 5.30. The maximum Gasteiger partial charge on any atom is 0.274 e. The number of benzene rings is 2. The van der Waals surface area contributed by atoms with Gasteiger partial charge < -0.3 is 9.47 Å². The first-order valence-corrected chi connectivity index (χ1v) is 6.88. The molecule has 5 nitrogen and oxygen atoms in total. The van der Waals surface area contributed by atoms with E-state index in [0.717, 1.165) is 0 Å². The van der Waals surface area contributed by atoms with Crippen molar-refractivity contribution in [1.82, 2.24) is 5.43 Å². The van der Waals surface area contributed by atoms with E-state index >= 15 is 0 Å². The van der Waals surface area contributed by atoms with Gasteiger partial charge in [0, 0.05) is 11.6 Å². The molecule has 1 amide bonds. The molecular weight excluding hydrogens is 299 g/mol. The zero-order valence-electron chi connectivity index (χ0n) is 13.1. The Morgan fingerprint density at radius 2 is 1.83 bits per heavy atom. The summed E-state index contributed by atoms with van der Waals surface area (Å²) >= 11 is 0. The van der Waals surface area contributed by atoms with Crippen LogP contribution in [0, 0.1) is 5.82 Å². The number of halogens is 1. The summed E-state index contributed by atoms with van der Waals surface area (Å²) in [5.41, 5.74) is 3.49. The molecule has 0 spiro atoms. The van der Waals surface area contributed by atoms with Crippen LogP contribution in [0.2, 0.25) is 0 Å². The Hall–Kier alpha value is -2.89. The standard InChI is InChI=1S/C17H17FN2O3/c1-11(13-9-8-12(22-2)10-16(13)23-3)19-20-17(21)14-6-4-5-7-15(14)18/h4-10H,1-3H3,(H,20,21)/b19-11-. The molecule has 2 aromatic carbocycles. The second-order valence-corrected chi connectivity index (χ2v) is 4.68. The van der Waals surface area contributed by atoms with Crippen molar-refractivity contribution in [2.75, 3.05) is 14.2 Å². The Labute approximate surface area is 133 Å². The molecule has 0 bridgehead atoms. The number of hydrogen-bond donors (Lipinski definition) is 1. The van der Waals surface area contributed by atoms with Gasteiger partial charge in [-0.15, -0.1) is 0 Å². The molecule has 0 aliphatic heterocycles. The van der Waals surface area contributed by atoms with Crippen LogP contribution < -0.4 is 14.9 Å². The maximum absolute atomic E-state index is 13.5. The van der Waals surface area contributed by atoms with E-state index < -0.39 is 11.7 Å². The topological polar surface area (TPSA) is 59.9 Å². The minimum absolute atomic E-state index is 0.0641. The first-order chi connectivity index (χ1) is 11.1. The van der Waals surface area contributed by atoms with Gasteiger partial charge in [-0.05, 0) is 31.2 Å². The van der Waals surface area contributed by atoms with Crippen molar-refractivity contribution in [3.63, 3.8) is 0 Å². The lowest BCUT2D eigenvalue weighted by Gasteiger charge is -2.10. The average molecular weight is 316 g/mol. The van der Waals surface area contributed by atoms with Crippen molar-refractivity contribution in [1.29, 1.82) is 0 Å². The summed E-state index contributed by atoms with van der Waals surface area (Å²) in [5, 5.41) is 4.01. The van der Waals surface area contributed by atoms with Crippen molar-refractivity contribution in [2.24, 2.45) is 5.10 Å². The van der Waals surface area contributed by atoms with Crippen molar-refractivity contribution < 1.29 is 18.7 Å². The van der Waals surface area contributed by atoms with E-state index in [9.17, 15) is 9.18 Å². The quantitative estimate of drug-likeness (QED) is 0.681. The smallest absolute Gasteiger partial charge is 0.274 e. The SMILES string of the molecule is COc1ccc(/C(C)=N\NC(=O)c2ccccc2F)c(OC)c1. The van der Waals surface area contributed by atoms with Gasteiger partial charge in [-0.1, -0.05) is 12.1 Å². The van der Waals surface area contributed by atoms with Crippen LogP contribution in [0.1, 0.15) is 22.8 Å². The van der Waals surface area contributed by atoms with Gasteiger partial charge in [0.2, 0.25) is 0 Å². The van der Waals surface area contributed by atoms with Gasteiger partial charge in [0.25, 0.3) is 5.91 Å². The van der Waals surface area contributed by atoms with Crippen molar-refractivity contribution >= 4 is 11.6 Å². The number of nitrogens with one attached hydrogen (secondary N) is 1. The summed E-state index contributed by atoms with van der Waals surface area (Å²) in [7, 11) is 3.09. The molecule has 0 aromatic heterocycles. The molecule has 0 aliphatic rings. The lowest BCUT2D eigenvalue weighted by molar-refractivity contribution is 0.0951. The van der Waals surface area contributed by atoms with E-state index in [0.29, 0.717) is 22.8 Å². The van der Waals surface area contributed by atoms with Crippen LogP contribution in [0.15, 0.2) is 47.6 Å². The third kappa shape index (κ3) is 3.85. The highest BCUT2D eigenvalue weighted by molar-refractivity contribution is 6.02. The second-order valence-electron chi connectivity index (χ2n) is 4.68. The number of carbonyl (C=O) groups is 1. The Balaban J connectivity index is 2.20. The van der Waals surface area contributed by atoms with Crippen LogP contribution in [-0.2, 0) is 0 Å². The largest absolute Gasteiger partial charge is 0.497 e. The predicted octanol–water partition coefficient (Wildman–Crippen LogP) is 3.00. The van der Waals surface area contributed by atoms with E-state index in [1.807, 2.05) is 0 Å². The predicted molar refractivity (Wildman–Crippen MR) is 85.6 cm³/mol. The number of rotatable bonds is 5. The van der Waals surface area contributed by atoms with E-state index in [1.54, 1.807) is 38.3 Å². The molecule has 1 N–H and O–H groups in total. The molecule has 0 heterocycles. The molecule has 6 heteroatoms. The van der Waals surface area contributed by atoms with Gasteiger partial charge in [-0.25, -0.2) is 9.82 Å². The molecule has 0 aliphatic carbocycles. The fraction of sp³-hybridized carbons (Fsp3) is 0.176. The highest BCUT2D eigenvalue weighted by Gasteiger charge is 2.11. The van der Waals surface area contributed by atoms with Crippen LogP contribution in [0.25, 0.3) is 0 Å². The highest BCUT2D eigenvalue weighted by Crippen LogP contribution is 2.25. The van der Waals surface area contributed by atoms with Crippen LogP contribution in [0.5, 0.6) is 11.5 Å². The van der Waals surface area contributed by atoms with Crippen molar-refractivity contribution in [2.45, 2.75) is 6.92 Å². The van der Waals surface area contributed by atoms with Gasteiger partial charge in [-0.3, -0.25) is 4.79 Å². The van der Waals surface area contributed by atoms with Gasteiger partial charge >= 0.3 is 0 Å². The molecule has 2 aromatic rings. The average Bonchev–Trinajstić information content (AvgIpc) is 2.59. The number of hydrogen-bond acceptors (Lipinski definition) is 4. The normalized spacial score (nSPS) is 11.0. The molecule has 0 atom stereocenters. The fourth-order valence-corrected chi connectivity index (χ4v) is 2.00. The zero-order valence-corrected chi connectivity index (χ0v) is 13.1. The number of hydrazone groups is 1. The molecule has 0 fully saturated rings. The minimum Gasteiger partial charge on any atom is -0.497 e. The summed E-state index contributed by atoms with van der Waals surface area (Å²) in [6.07, 6.45) is 0. The highest BCUT2D eigenvalue weighted by atomic mass is 19.1. The molecular formula is C17H17FN2O3. The first kappa shape index (κ1) is 16.5. The van der Waals surface area contributed by atoms with E-state index in [2.05, 4.69) is 10.5 Å². The number of nitrogens with zero attached hydrogens (tertiary/aromatic N) is 1. The summed E-state index contributed by atoms with van der Waals surface area (Å²) in [5.74, 6) is -0.00524. The minimum atomic E-state index is -0.616. The maximum atomic E-state index is 13.5. The van der Waals surface area contributed by atoms with Crippen molar-refractivity contribution in [3.8, 4) is 11.5 Å². The lowest BCUT2D eigenvalue weighted by atomic mass is 10.1. The van der Waals surface area contributed by atoms with Crippen LogP contribution in [0.3, 0.4) is 0 Å². The molecule has 120 valence electrons. The summed E-state index contributed by atoms with van der Waals surface area (Å²) < 4.78 is 24.0. The van der Waals surface area contributed by atoms with Gasteiger partial charge in [0.1, 0.15) is 17.3 Å². The number of amides is 1. The molecule has 0 saturated carbocycles. The summed E-state index contributed by atoms with van der Waals surface area (Å²) in [6, 6.07) is 11.0. The monoisotopic (exact) mass is 316 g/mol. The summed E-state index contributed by atoms with van der Waals surface area (Å²) in [6.45, 7) is 1.71. The van der Waals surface area contributed by atoms with E-state index in [-0.39, 0.29) is 5.56 Å². The van der Waals surface area contributed by atoms with Gasteiger partial charge in [0.15, 0.2) is 0 Å². The van der Waals surface area contributed by atoms with E-state index in [1.165, 1.54) is 25.3 Å². The van der Waals surface area contributed by atoms with Gasteiger partial charge in [-0.2, -0.15) is 5.10 Å². The number of carbonyl (C=O) groups excluding carboxylic acids is 1. The Morgan fingerprint density at radius 3 is 2.48 bits per heavy atom. The van der Waals surface area contributed by atoms with E-state index in [4.69, 9.17) is 9.47 Å². The van der Waals surface area contributed by atoms with Crippen LogP contribution in [-0.4, -0.2) is 25.8 Å². The molecule has 0 saturated heterocycles. The fourth-order valence-electron chi connectivity index (χ4n) is 2.00. The van der Waals surface area contributed by atoms with Gasteiger partial charge in [0.05, 0.1) is 25.5 Å². The Bertz CT molecular complexity index is 744. The van der Waals surface area contributed by atoms with Crippen LogP contribution >= 0.6 is 0 Å². The zero-order chi connectivity index (χ0) is 16.8. The lowest BCUT2D eigenvalue weighted by Crippen LogP contribution is -2.20. The second kappa shape index (κ2) is 7.40. The van der Waals surface area contributed by atoms with Crippen molar-refractivity contribution in [3.05, 3.63) is 59.4 Å². The third-order valence-electron chi connectivity index (χ3n) is 3.24. The third-order valence-corrected chi connectivity index (χ3v) is 3.24. The molecule has 0 radical (unpaired) electrons. The number of methoxy groups -OCH3 is 2.